The number of hydrogen-bond donors (Lipinski definition) is 1. The van der Waals surface area contributed by atoms with Crippen molar-refractivity contribution in [2.24, 2.45) is 0 Å². The fraction of sp³-hybridized carbons (Fsp3) is 0.600. The molecule has 0 heterocycles. The maximum absolute atomic E-state index is 5.67. The van der Waals surface area contributed by atoms with Gasteiger partial charge in [-0.2, -0.15) is 0 Å². The van der Waals surface area contributed by atoms with Crippen molar-refractivity contribution in [2.75, 3.05) is 26.8 Å². The molecule has 0 unspecified atom stereocenters. The molecule has 102 valence electrons. The Morgan fingerprint density at radius 1 is 0.889 bits per heavy atom. The highest BCUT2D eigenvalue weighted by Crippen LogP contribution is 2.17. The lowest BCUT2D eigenvalue weighted by Gasteiger charge is -2.07. The summed E-state index contributed by atoms with van der Waals surface area (Å²) in [5, 5.41) is 3.16. The summed E-state index contributed by atoms with van der Waals surface area (Å²) in [6, 6.07) is 7.83. The molecular weight excluding hydrogens is 226 g/mol. The van der Waals surface area contributed by atoms with Crippen LogP contribution in [0.4, 0.5) is 0 Å². The van der Waals surface area contributed by atoms with Crippen LogP contribution in [0.1, 0.15) is 32.6 Å². The molecule has 0 aliphatic heterocycles. The van der Waals surface area contributed by atoms with Gasteiger partial charge in [0, 0.05) is 0 Å². The van der Waals surface area contributed by atoms with Gasteiger partial charge in [-0.05, 0) is 57.6 Å². The zero-order valence-electron chi connectivity index (χ0n) is 11.6. The van der Waals surface area contributed by atoms with Gasteiger partial charge < -0.3 is 14.8 Å². The number of hydrogen-bond acceptors (Lipinski definition) is 3. The summed E-state index contributed by atoms with van der Waals surface area (Å²) >= 11 is 0. The van der Waals surface area contributed by atoms with Crippen LogP contribution in [0.3, 0.4) is 0 Å². The highest BCUT2D eigenvalue weighted by molar-refractivity contribution is 5.31. The van der Waals surface area contributed by atoms with Crippen molar-refractivity contribution in [1.29, 1.82) is 0 Å². The van der Waals surface area contributed by atoms with E-state index in [0.29, 0.717) is 6.61 Å². The molecule has 18 heavy (non-hydrogen) atoms. The summed E-state index contributed by atoms with van der Waals surface area (Å²) in [5.74, 6) is 1.82. The Morgan fingerprint density at radius 2 is 1.50 bits per heavy atom. The van der Waals surface area contributed by atoms with E-state index in [9.17, 15) is 0 Å². The first-order valence-corrected chi connectivity index (χ1v) is 6.87. The zero-order chi connectivity index (χ0) is 13.1. The van der Waals surface area contributed by atoms with E-state index in [0.717, 1.165) is 31.1 Å². The second-order valence-electron chi connectivity index (χ2n) is 4.27. The quantitative estimate of drug-likeness (QED) is 0.648. The molecule has 0 saturated heterocycles. The summed E-state index contributed by atoms with van der Waals surface area (Å²) in [4.78, 5) is 0. The summed E-state index contributed by atoms with van der Waals surface area (Å²) in [6.07, 6.45) is 4.88. The van der Waals surface area contributed by atoms with E-state index in [1.54, 1.807) is 0 Å². The summed E-state index contributed by atoms with van der Waals surface area (Å²) in [7, 11) is 2.00. The van der Waals surface area contributed by atoms with E-state index in [1.165, 1.54) is 19.3 Å². The van der Waals surface area contributed by atoms with Gasteiger partial charge >= 0.3 is 0 Å². The van der Waals surface area contributed by atoms with E-state index < -0.39 is 0 Å². The second kappa shape index (κ2) is 9.77. The SMILES string of the molecule is CCOc1ccc(OCCCCCCNC)cc1. The standard InChI is InChI=1S/C15H25NO2/c1-3-17-14-8-10-15(11-9-14)18-13-7-5-4-6-12-16-2/h8-11,16H,3-7,12-13H2,1-2H3. The van der Waals surface area contributed by atoms with Crippen LogP contribution in [0.15, 0.2) is 24.3 Å². The average molecular weight is 251 g/mol. The van der Waals surface area contributed by atoms with Crippen LogP contribution < -0.4 is 14.8 Å². The molecule has 0 aliphatic carbocycles. The molecule has 0 atom stereocenters. The molecule has 0 saturated carbocycles. The average Bonchev–Trinajstić information content (AvgIpc) is 2.40. The Bertz CT molecular complexity index is 298. The van der Waals surface area contributed by atoms with Crippen LogP contribution in [-0.4, -0.2) is 26.8 Å². The maximum Gasteiger partial charge on any atom is 0.119 e. The summed E-state index contributed by atoms with van der Waals surface area (Å²) in [5.41, 5.74) is 0. The zero-order valence-corrected chi connectivity index (χ0v) is 11.6. The van der Waals surface area contributed by atoms with E-state index in [4.69, 9.17) is 9.47 Å². The van der Waals surface area contributed by atoms with Gasteiger partial charge in [0.1, 0.15) is 11.5 Å². The monoisotopic (exact) mass is 251 g/mol. The van der Waals surface area contributed by atoms with Gasteiger partial charge in [0.05, 0.1) is 13.2 Å². The molecule has 3 nitrogen and oxygen atoms in total. The molecule has 0 aromatic heterocycles. The predicted molar refractivity (Wildman–Crippen MR) is 75.5 cm³/mol. The molecule has 0 bridgehead atoms. The van der Waals surface area contributed by atoms with Crippen molar-refractivity contribution < 1.29 is 9.47 Å². The number of ether oxygens (including phenoxy) is 2. The van der Waals surface area contributed by atoms with Gasteiger partial charge in [0.2, 0.25) is 0 Å². The molecule has 0 radical (unpaired) electrons. The third-order valence-corrected chi connectivity index (χ3v) is 2.72. The van der Waals surface area contributed by atoms with E-state index in [-0.39, 0.29) is 0 Å². The smallest absolute Gasteiger partial charge is 0.119 e. The van der Waals surface area contributed by atoms with Gasteiger partial charge in [-0.25, -0.2) is 0 Å². The first-order chi connectivity index (χ1) is 8.86. The second-order valence-corrected chi connectivity index (χ2v) is 4.27. The lowest BCUT2D eigenvalue weighted by Crippen LogP contribution is -2.07. The first-order valence-electron chi connectivity index (χ1n) is 6.87. The Balaban J connectivity index is 2.08. The fourth-order valence-corrected chi connectivity index (χ4v) is 1.75. The number of benzene rings is 1. The molecular formula is C15H25NO2. The summed E-state index contributed by atoms with van der Waals surface area (Å²) in [6.45, 7) is 4.60. The first kappa shape index (κ1) is 14.8. The molecule has 1 N–H and O–H groups in total. The van der Waals surface area contributed by atoms with Crippen molar-refractivity contribution in [3.8, 4) is 11.5 Å². The van der Waals surface area contributed by atoms with Gasteiger partial charge in [-0.1, -0.05) is 12.8 Å². The third kappa shape index (κ3) is 6.50. The summed E-state index contributed by atoms with van der Waals surface area (Å²) < 4.78 is 11.1. The molecule has 0 amide bonds. The Morgan fingerprint density at radius 3 is 2.11 bits per heavy atom. The van der Waals surface area contributed by atoms with Gasteiger partial charge in [0.25, 0.3) is 0 Å². The highest BCUT2D eigenvalue weighted by atomic mass is 16.5. The van der Waals surface area contributed by atoms with Crippen molar-refractivity contribution in [3.05, 3.63) is 24.3 Å². The molecule has 0 aliphatic rings. The Hall–Kier alpha value is -1.22. The minimum Gasteiger partial charge on any atom is -0.494 e. The topological polar surface area (TPSA) is 30.5 Å². The van der Waals surface area contributed by atoms with E-state index >= 15 is 0 Å². The lowest BCUT2D eigenvalue weighted by atomic mass is 10.2. The van der Waals surface area contributed by atoms with Crippen LogP contribution in [0.2, 0.25) is 0 Å². The minimum atomic E-state index is 0.701. The van der Waals surface area contributed by atoms with Gasteiger partial charge in [-0.3, -0.25) is 0 Å². The Labute approximate surface area is 110 Å². The number of rotatable bonds is 10. The third-order valence-electron chi connectivity index (χ3n) is 2.72. The molecule has 1 aromatic carbocycles. The molecule has 1 aromatic rings. The van der Waals surface area contributed by atoms with Crippen molar-refractivity contribution in [3.63, 3.8) is 0 Å². The van der Waals surface area contributed by atoms with Crippen LogP contribution in [0.5, 0.6) is 11.5 Å². The molecule has 0 spiro atoms. The lowest BCUT2D eigenvalue weighted by molar-refractivity contribution is 0.302. The Kier molecular flexibility index (Phi) is 8.06. The van der Waals surface area contributed by atoms with Crippen molar-refractivity contribution >= 4 is 0 Å². The van der Waals surface area contributed by atoms with Crippen LogP contribution in [-0.2, 0) is 0 Å². The number of nitrogens with one attached hydrogen (secondary N) is 1. The van der Waals surface area contributed by atoms with E-state index in [1.807, 2.05) is 38.2 Å². The minimum absolute atomic E-state index is 0.701. The van der Waals surface area contributed by atoms with Gasteiger partial charge in [-0.15, -0.1) is 0 Å². The van der Waals surface area contributed by atoms with Crippen LogP contribution in [0.25, 0.3) is 0 Å². The fourth-order valence-electron chi connectivity index (χ4n) is 1.75. The predicted octanol–water partition coefficient (Wildman–Crippen LogP) is 3.24. The largest absolute Gasteiger partial charge is 0.494 e. The van der Waals surface area contributed by atoms with Crippen molar-refractivity contribution in [1.82, 2.24) is 5.32 Å². The molecule has 3 heteroatoms. The normalized spacial score (nSPS) is 10.3. The van der Waals surface area contributed by atoms with Crippen molar-refractivity contribution in [2.45, 2.75) is 32.6 Å². The highest BCUT2D eigenvalue weighted by Gasteiger charge is 1.96. The van der Waals surface area contributed by atoms with Gasteiger partial charge in [0.15, 0.2) is 0 Å². The molecule has 1 rings (SSSR count). The molecule has 0 fully saturated rings. The number of unbranched alkanes of at least 4 members (excludes halogenated alkanes) is 3. The maximum atomic E-state index is 5.67. The van der Waals surface area contributed by atoms with Crippen LogP contribution >= 0.6 is 0 Å². The van der Waals surface area contributed by atoms with E-state index in [2.05, 4.69) is 5.32 Å². The van der Waals surface area contributed by atoms with Crippen LogP contribution in [0, 0.1) is 0 Å².